The van der Waals surface area contributed by atoms with Gasteiger partial charge in [-0.2, -0.15) is 13.2 Å². The Kier molecular flexibility index (Phi) is 3.56. The number of benzene rings is 1. The van der Waals surface area contributed by atoms with Gasteiger partial charge in [-0.15, -0.1) is 0 Å². The minimum atomic E-state index is -4.86. The molecule has 0 saturated heterocycles. The maximum atomic E-state index is 12.8. The van der Waals surface area contributed by atoms with E-state index in [9.17, 15) is 18.0 Å². The molecular weight excluding hydrogens is 301 g/mol. The van der Waals surface area contributed by atoms with Crippen molar-refractivity contribution in [3.63, 3.8) is 0 Å². The number of aliphatic carboxylic acids is 1. The van der Waals surface area contributed by atoms with Crippen LogP contribution in [0.15, 0.2) is 17.7 Å². The minimum absolute atomic E-state index is 0.0886. The monoisotopic (exact) mass is 308 g/mol. The van der Waals surface area contributed by atoms with Crippen LogP contribution in [0.4, 0.5) is 13.2 Å². The zero-order valence-electron chi connectivity index (χ0n) is 9.99. The van der Waals surface area contributed by atoms with Crippen molar-refractivity contribution < 1.29 is 32.5 Å². The quantitative estimate of drug-likeness (QED) is 0.912. The summed E-state index contributed by atoms with van der Waals surface area (Å²) in [6.07, 6.45) is -6.53. The Labute approximate surface area is 116 Å². The molecule has 1 atom stereocenters. The van der Waals surface area contributed by atoms with Gasteiger partial charge in [0.25, 0.3) is 0 Å². The first-order valence-corrected chi connectivity index (χ1v) is 5.67. The number of carboxylic acid groups (broad SMARTS) is 1. The van der Waals surface area contributed by atoms with Gasteiger partial charge in [-0.05, 0) is 12.1 Å². The predicted octanol–water partition coefficient (Wildman–Crippen LogP) is 3.14. The lowest BCUT2D eigenvalue weighted by Crippen LogP contribution is -2.40. The number of carbonyl (C=O) groups is 1. The zero-order chi connectivity index (χ0) is 15.1. The van der Waals surface area contributed by atoms with Crippen LogP contribution < -0.4 is 9.47 Å². The zero-order valence-corrected chi connectivity index (χ0v) is 10.7. The van der Waals surface area contributed by atoms with E-state index >= 15 is 0 Å². The summed E-state index contributed by atoms with van der Waals surface area (Å²) in [4.78, 5) is 10.9. The number of alkyl halides is 3. The van der Waals surface area contributed by atoms with E-state index in [1.54, 1.807) is 0 Å². The van der Waals surface area contributed by atoms with Crippen molar-refractivity contribution in [3.8, 4) is 11.5 Å². The standard InChI is InChI=1S/C12H8ClF3O4/c1-19-6-2-5-3-7(11(17)18)10(12(14,15)16)20-9(5)8(13)4-6/h2-4,10H,1H3,(H,17,18). The average Bonchev–Trinajstić information content (AvgIpc) is 2.35. The first-order chi connectivity index (χ1) is 9.24. The lowest BCUT2D eigenvalue weighted by atomic mass is 10.0. The van der Waals surface area contributed by atoms with Gasteiger partial charge in [0, 0.05) is 11.6 Å². The molecule has 0 saturated carbocycles. The van der Waals surface area contributed by atoms with Crippen LogP contribution in [0.1, 0.15) is 5.56 Å². The molecular formula is C12H8ClF3O4. The Morgan fingerprint density at radius 1 is 1.45 bits per heavy atom. The Bertz CT molecular complexity index is 595. The van der Waals surface area contributed by atoms with Gasteiger partial charge in [-0.3, -0.25) is 0 Å². The third kappa shape index (κ3) is 2.53. The Hall–Kier alpha value is -1.89. The Morgan fingerprint density at radius 3 is 2.60 bits per heavy atom. The molecule has 2 rings (SSSR count). The van der Waals surface area contributed by atoms with Gasteiger partial charge in [-0.1, -0.05) is 11.6 Å². The van der Waals surface area contributed by atoms with Crippen LogP contribution >= 0.6 is 11.6 Å². The Morgan fingerprint density at radius 2 is 2.10 bits per heavy atom. The van der Waals surface area contributed by atoms with Gasteiger partial charge < -0.3 is 14.6 Å². The molecule has 1 aromatic rings. The highest BCUT2D eigenvalue weighted by molar-refractivity contribution is 6.32. The third-order valence-corrected chi connectivity index (χ3v) is 2.94. The fourth-order valence-corrected chi connectivity index (χ4v) is 2.04. The molecule has 8 heteroatoms. The van der Waals surface area contributed by atoms with Crippen molar-refractivity contribution in [2.24, 2.45) is 0 Å². The summed E-state index contributed by atoms with van der Waals surface area (Å²) in [5, 5.41) is 8.79. The van der Waals surface area contributed by atoms with E-state index in [-0.39, 0.29) is 22.1 Å². The normalized spacial score (nSPS) is 17.9. The van der Waals surface area contributed by atoms with E-state index in [0.29, 0.717) is 0 Å². The molecule has 1 aliphatic rings. The lowest BCUT2D eigenvalue weighted by molar-refractivity contribution is -0.187. The summed E-state index contributed by atoms with van der Waals surface area (Å²) in [6.45, 7) is 0. The molecule has 0 amide bonds. The maximum Gasteiger partial charge on any atom is 0.430 e. The van der Waals surface area contributed by atoms with Crippen LogP contribution in [0.25, 0.3) is 6.08 Å². The van der Waals surface area contributed by atoms with Crippen molar-refractivity contribution >= 4 is 23.6 Å². The van der Waals surface area contributed by atoms with Crippen LogP contribution in [0.2, 0.25) is 5.02 Å². The molecule has 20 heavy (non-hydrogen) atoms. The van der Waals surface area contributed by atoms with E-state index in [0.717, 1.165) is 6.08 Å². The number of ether oxygens (including phenoxy) is 2. The molecule has 0 aliphatic carbocycles. The fourth-order valence-electron chi connectivity index (χ4n) is 1.78. The topological polar surface area (TPSA) is 55.8 Å². The summed E-state index contributed by atoms with van der Waals surface area (Å²) >= 11 is 5.82. The molecule has 0 fully saturated rings. The van der Waals surface area contributed by atoms with Gasteiger partial charge in [0.15, 0.2) is 0 Å². The van der Waals surface area contributed by atoms with E-state index in [2.05, 4.69) is 0 Å². The molecule has 0 aromatic heterocycles. The van der Waals surface area contributed by atoms with Crippen molar-refractivity contribution in [1.82, 2.24) is 0 Å². The summed E-state index contributed by atoms with van der Waals surface area (Å²) < 4.78 is 48.1. The minimum Gasteiger partial charge on any atom is -0.497 e. The van der Waals surface area contributed by atoms with Crippen molar-refractivity contribution in [2.45, 2.75) is 12.3 Å². The van der Waals surface area contributed by atoms with E-state index in [1.807, 2.05) is 0 Å². The third-order valence-electron chi connectivity index (χ3n) is 2.65. The summed E-state index contributed by atoms with van der Waals surface area (Å²) in [7, 11) is 1.35. The average molecular weight is 309 g/mol. The highest BCUT2D eigenvalue weighted by atomic mass is 35.5. The Balaban J connectivity index is 2.60. The second-order valence-electron chi connectivity index (χ2n) is 3.97. The van der Waals surface area contributed by atoms with Crippen LogP contribution in [0.5, 0.6) is 11.5 Å². The van der Waals surface area contributed by atoms with Crippen LogP contribution in [-0.4, -0.2) is 30.5 Å². The van der Waals surface area contributed by atoms with E-state index in [4.69, 9.17) is 26.2 Å². The molecule has 1 N–H and O–H groups in total. The molecule has 1 aromatic carbocycles. The molecule has 0 radical (unpaired) electrons. The number of carboxylic acids is 1. The van der Waals surface area contributed by atoms with Gasteiger partial charge in [-0.25, -0.2) is 4.79 Å². The maximum absolute atomic E-state index is 12.8. The van der Waals surface area contributed by atoms with Gasteiger partial charge in [0.1, 0.15) is 11.5 Å². The highest BCUT2D eigenvalue weighted by Gasteiger charge is 2.48. The van der Waals surface area contributed by atoms with E-state index in [1.165, 1.54) is 19.2 Å². The first kappa shape index (κ1) is 14.5. The van der Waals surface area contributed by atoms with Crippen LogP contribution in [-0.2, 0) is 4.79 Å². The highest BCUT2D eigenvalue weighted by Crippen LogP contribution is 2.42. The van der Waals surface area contributed by atoms with Crippen LogP contribution in [0.3, 0.4) is 0 Å². The number of fused-ring (bicyclic) bond motifs is 1. The predicted molar refractivity (Wildman–Crippen MR) is 64.1 cm³/mol. The fraction of sp³-hybridized carbons (Fsp3) is 0.250. The molecule has 0 spiro atoms. The largest absolute Gasteiger partial charge is 0.497 e. The summed E-state index contributed by atoms with van der Waals surface area (Å²) in [5.74, 6) is -1.65. The lowest BCUT2D eigenvalue weighted by Gasteiger charge is -2.27. The smallest absolute Gasteiger partial charge is 0.430 e. The molecule has 1 heterocycles. The molecule has 108 valence electrons. The van der Waals surface area contributed by atoms with Crippen molar-refractivity contribution in [3.05, 3.63) is 28.3 Å². The van der Waals surface area contributed by atoms with E-state index < -0.39 is 23.8 Å². The second-order valence-corrected chi connectivity index (χ2v) is 4.38. The van der Waals surface area contributed by atoms with Gasteiger partial charge >= 0.3 is 12.1 Å². The molecule has 1 aliphatic heterocycles. The van der Waals surface area contributed by atoms with Gasteiger partial charge in [0.2, 0.25) is 6.10 Å². The first-order valence-electron chi connectivity index (χ1n) is 5.30. The molecule has 0 bridgehead atoms. The van der Waals surface area contributed by atoms with Crippen LogP contribution in [0, 0.1) is 0 Å². The number of hydrogen-bond acceptors (Lipinski definition) is 3. The molecule has 4 nitrogen and oxygen atoms in total. The number of halogens is 4. The SMILES string of the molecule is COc1cc(Cl)c2c(c1)C=C(C(=O)O)C(C(F)(F)F)O2. The van der Waals surface area contributed by atoms with Gasteiger partial charge in [0.05, 0.1) is 17.7 Å². The van der Waals surface area contributed by atoms with Crippen molar-refractivity contribution in [1.29, 1.82) is 0 Å². The summed E-state index contributed by atoms with van der Waals surface area (Å²) in [5.41, 5.74) is -0.790. The number of rotatable bonds is 2. The number of hydrogen-bond donors (Lipinski definition) is 1. The number of methoxy groups -OCH3 is 1. The summed E-state index contributed by atoms with van der Waals surface area (Å²) in [6, 6.07) is 2.63. The van der Waals surface area contributed by atoms with Crippen molar-refractivity contribution in [2.75, 3.05) is 7.11 Å². The molecule has 1 unspecified atom stereocenters. The second kappa shape index (κ2) is 4.90.